The maximum absolute atomic E-state index is 10.3. The molecule has 0 unspecified atom stereocenters. The average molecular weight is 374 g/mol. The van der Waals surface area contributed by atoms with E-state index >= 15 is 0 Å². The summed E-state index contributed by atoms with van der Waals surface area (Å²) in [6, 6.07) is 9.83. The zero-order valence-corrected chi connectivity index (χ0v) is 17.3. The predicted molar refractivity (Wildman–Crippen MR) is 113 cm³/mol. The molecule has 26 heavy (non-hydrogen) atoms. The van der Waals surface area contributed by atoms with E-state index in [4.69, 9.17) is 0 Å². The minimum Gasteiger partial charge on any atom is -0.506 e. The highest BCUT2D eigenvalue weighted by Gasteiger charge is 2.16. The third-order valence-corrected chi connectivity index (χ3v) is 4.96. The van der Waals surface area contributed by atoms with Gasteiger partial charge in [-0.2, -0.15) is 0 Å². The lowest BCUT2D eigenvalue weighted by molar-refractivity contribution is 0.476. The lowest BCUT2D eigenvalue weighted by Gasteiger charge is -2.21. The minimum absolute atomic E-state index is 0.0173. The van der Waals surface area contributed by atoms with Crippen LogP contribution in [-0.4, -0.2) is 17.6 Å². The Morgan fingerprint density at radius 3 is 2.62 bits per heavy atom. The van der Waals surface area contributed by atoms with Crippen molar-refractivity contribution < 1.29 is 5.11 Å². The first-order valence-corrected chi connectivity index (χ1v) is 10.0. The molecule has 0 atom stereocenters. The van der Waals surface area contributed by atoms with Gasteiger partial charge in [0.1, 0.15) is 5.75 Å². The zero-order valence-electron chi connectivity index (χ0n) is 16.5. The molecule has 3 N–H and O–H groups in total. The van der Waals surface area contributed by atoms with Crippen LogP contribution >= 0.6 is 11.3 Å². The summed E-state index contributed by atoms with van der Waals surface area (Å²) < 4.78 is 0. The summed E-state index contributed by atoms with van der Waals surface area (Å²) in [6.45, 7) is 12.4. The molecule has 0 aliphatic carbocycles. The molecule has 142 valence electrons. The number of aliphatic imine (C=N–C) groups is 1. The van der Waals surface area contributed by atoms with Gasteiger partial charge in [0.15, 0.2) is 5.96 Å². The van der Waals surface area contributed by atoms with Gasteiger partial charge in [-0.15, -0.1) is 11.3 Å². The van der Waals surface area contributed by atoms with Crippen LogP contribution < -0.4 is 10.6 Å². The molecule has 5 heteroatoms. The fraction of sp³-hybridized carbons (Fsp3) is 0.476. The topological polar surface area (TPSA) is 56.7 Å². The molecular formula is C21H31N3OS. The van der Waals surface area contributed by atoms with Crippen LogP contribution in [0.4, 0.5) is 5.69 Å². The molecule has 0 radical (unpaired) electrons. The predicted octanol–water partition coefficient (Wildman–Crippen LogP) is 5.36. The number of rotatable bonds is 6. The molecule has 0 spiro atoms. The molecule has 0 aliphatic heterocycles. The van der Waals surface area contributed by atoms with E-state index in [1.807, 2.05) is 18.2 Å². The number of benzene rings is 1. The summed E-state index contributed by atoms with van der Waals surface area (Å²) in [6.07, 6.45) is 1.06. The lowest BCUT2D eigenvalue weighted by atomic mass is 9.87. The highest BCUT2D eigenvalue weighted by atomic mass is 32.1. The van der Waals surface area contributed by atoms with Crippen LogP contribution in [0.25, 0.3) is 0 Å². The molecule has 2 rings (SSSR count). The fourth-order valence-corrected chi connectivity index (χ4v) is 3.04. The molecule has 0 bridgehead atoms. The second-order valence-corrected chi connectivity index (χ2v) is 8.99. The number of aromatic hydroxyl groups is 1. The quantitative estimate of drug-likeness (QED) is 0.363. The van der Waals surface area contributed by atoms with E-state index in [1.54, 1.807) is 17.4 Å². The van der Waals surface area contributed by atoms with Gasteiger partial charge < -0.3 is 15.7 Å². The maximum Gasteiger partial charge on any atom is 0.196 e. The number of phenolic OH excluding ortho intramolecular Hbond substituents is 1. The van der Waals surface area contributed by atoms with Crippen molar-refractivity contribution in [1.29, 1.82) is 0 Å². The normalized spacial score (nSPS) is 12.5. The molecule has 2 aromatic rings. The van der Waals surface area contributed by atoms with E-state index in [2.05, 4.69) is 61.7 Å². The van der Waals surface area contributed by atoms with E-state index in [1.165, 1.54) is 4.88 Å². The standard InChI is InChI=1S/C21H31N3OS/c1-15(2)10-11-22-20(23-14-17-7-6-12-26-17)24-18-13-16(21(3,4)5)8-9-19(18)25/h6-9,12-13,15,25H,10-11,14H2,1-5H3,(H2,22,23,24). The van der Waals surface area contributed by atoms with Gasteiger partial charge in [-0.25, -0.2) is 4.99 Å². The van der Waals surface area contributed by atoms with Crippen LogP contribution in [0, 0.1) is 5.92 Å². The SMILES string of the molecule is CC(C)CCNC(=NCc1cccs1)Nc1cc(C(C)(C)C)ccc1O. The van der Waals surface area contributed by atoms with Crippen LogP contribution in [0.3, 0.4) is 0 Å². The van der Waals surface area contributed by atoms with Gasteiger partial charge in [0.25, 0.3) is 0 Å². The van der Waals surface area contributed by atoms with Crippen LogP contribution in [0.15, 0.2) is 40.7 Å². The smallest absolute Gasteiger partial charge is 0.196 e. The van der Waals surface area contributed by atoms with Crippen molar-refractivity contribution in [2.45, 2.75) is 53.0 Å². The van der Waals surface area contributed by atoms with Crippen LogP contribution in [0.2, 0.25) is 0 Å². The molecule has 0 saturated carbocycles. The summed E-state index contributed by atoms with van der Waals surface area (Å²) in [5.74, 6) is 1.55. The molecule has 0 amide bonds. The van der Waals surface area contributed by atoms with E-state index in [0.717, 1.165) is 18.5 Å². The Bertz CT molecular complexity index is 715. The number of phenols is 1. The number of nitrogens with one attached hydrogen (secondary N) is 2. The van der Waals surface area contributed by atoms with E-state index in [9.17, 15) is 5.11 Å². The second kappa shape index (κ2) is 9.08. The third-order valence-electron chi connectivity index (χ3n) is 4.10. The fourth-order valence-electron chi connectivity index (χ4n) is 2.41. The van der Waals surface area contributed by atoms with Crippen molar-refractivity contribution in [2.75, 3.05) is 11.9 Å². The Balaban J connectivity index is 2.18. The first-order valence-electron chi connectivity index (χ1n) is 9.17. The second-order valence-electron chi connectivity index (χ2n) is 7.96. The minimum atomic E-state index is 0.0173. The molecular weight excluding hydrogens is 342 g/mol. The molecule has 0 fully saturated rings. The molecule has 0 saturated heterocycles. The number of anilines is 1. The van der Waals surface area contributed by atoms with Crippen LogP contribution in [0.1, 0.15) is 51.5 Å². The lowest BCUT2D eigenvalue weighted by Crippen LogP contribution is -2.32. The summed E-state index contributed by atoms with van der Waals surface area (Å²) in [4.78, 5) is 5.90. The zero-order chi connectivity index (χ0) is 19.2. The van der Waals surface area contributed by atoms with E-state index < -0.39 is 0 Å². The summed E-state index contributed by atoms with van der Waals surface area (Å²) in [5, 5.41) is 19.0. The van der Waals surface area contributed by atoms with Gasteiger partial charge in [0.2, 0.25) is 0 Å². The van der Waals surface area contributed by atoms with Crippen molar-refractivity contribution in [3.63, 3.8) is 0 Å². The maximum atomic E-state index is 10.3. The first-order chi connectivity index (χ1) is 12.3. The van der Waals surface area contributed by atoms with Crippen molar-refractivity contribution >= 4 is 23.0 Å². The van der Waals surface area contributed by atoms with E-state index in [-0.39, 0.29) is 11.2 Å². The Morgan fingerprint density at radius 2 is 2.00 bits per heavy atom. The number of hydrogen-bond acceptors (Lipinski definition) is 3. The molecule has 0 aliphatic rings. The first kappa shape index (κ1) is 20.3. The molecule has 1 heterocycles. The van der Waals surface area contributed by atoms with Crippen molar-refractivity contribution in [3.8, 4) is 5.75 Å². The Kier molecular flexibility index (Phi) is 7.09. The third kappa shape index (κ3) is 6.37. The summed E-state index contributed by atoms with van der Waals surface area (Å²) in [7, 11) is 0. The number of thiophene rings is 1. The summed E-state index contributed by atoms with van der Waals surface area (Å²) in [5.41, 5.74) is 1.86. The highest BCUT2D eigenvalue weighted by molar-refractivity contribution is 7.09. The van der Waals surface area contributed by atoms with Gasteiger partial charge >= 0.3 is 0 Å². The average Bonchev–Trinajstić information content (AvgIpc) is 3.06. The summed E-state index contributed by atoms with van der Waals surface area (Å²) >= 11 is 1.70. The van der Waals surface area contributed by atoms with Gasteiger partial charge in [0, 0.05) is 11.4 Å². The Morgan fingerprint density at radius 1 is 1.23 bits per heavy atom. The van der Waals surface area contributed by atoms with Gasteiger partial charge in [0.05, 0.1) is 12.2 Å². The van der Waals surface area contributed by atoms with Crippen LogP contribution in [-0.2, 0) is 12.0 Å². The van der Waals surface area contributed by atoms with Gasteiger partial charge in [-0.05, 0) is 46.9 Å². The number of guanidine groups is 1. The monoisotopic (exact) mass is 373 g/mol. The van der Waals surface area contributed by atoms with Gasteiger partial charge in [-0.3, -0.25) is 0 Å². The van der Waals surface area contributed by atoms with E-state index in [0.29, 0.717) is 24.1 Å². The van der Waals surface area contributed by atoms with Gasteiger partial charge in [-0.1, -0.05) is 46.8 Å². The van der Waals surface area contributed by atoms with Crippen molar-refractivity contribution in [3.05, 3.63) is 46.2 Å². The Hall–Kier alpha value is -2.01. The molecule has 1 aromatic heterocycles. The van der Waals surface area contributed by atoms with Crippen LogP contribution in [0.5, 0.6) is 5.75 Å². The highest BCUT2D eigenvalue weighted by Crippen LogP contribution is 2.30. The Labute approximate surface area is 161 Å². The number of hydrogen-bond donors (Lipinski definition) is 3. The molecule has 1 aromatic carbocycles. The largest absolute Gasteiger partial charge is 0.506 e. The number of nitrogens with zero attached hydrogens (tertiary/aromatic N) is 1. The van der Waals surface area contributed by atoms with Crippen molar-refractivity contribution in [1.82, 2.24) is 5.32 Å². The van der Waals surface area contributed by atoms with Crippen molar-refractivity contribution in [2.24, 2.45) is 10.9 Å². The molecule has 4 nitrogen and oxygen atoms in total.